The van der Waals surface area contributed by atoms with Gasteiger partial charge in [-0.15, -0.1) is 0 Å². The van der Waals surface area contributed by atoms with Crippen LogP contribution < -0.4 is 0 Å². The van der Waals surface area contributed by atoms with Crippen molar-refractivity contribution in [2.24, 2.45) is 0 Å². The summed E-state index contributed by atoms with van der Waals surface area (Å²) in [7, 11) is 0. The number of nitrogens with zero attached hydrogens (tertiary/aromatic N) is 3. The quantitative estimate of drug-likeness (QED) is 0.926. The molecule has 0 aliphatic carbocycles. The summed E-state index contributed by atoms with van der Waals surface area (Å²) in [6.07, 6.45) is -3.67. The molecular weight excluding hydrogens is 299 g/mol. The molecule has 0 bridgehead atoms. The van der Waals surface area contributed by atoms with E-state index < -0.39 is 23.4 Å². The molecule has 0 saturated carbocycles. The number of hydrogen-bond acceptors (Lipinski definition) is 3. The molecule has 2 aromatic rings. The standard InChI is InChI=1S/C11H7ClF3N3O2/c1-5-7(10(19)20)8(11(13,14)15)18(17-5)9-6(12)3-2-4-16-9/h2-4H,1H3,(H,19,20). The molecule has 0 aliphatic rings. The van der Waals surface area contributed by atoms with Crippen molar-refractivity contribution in [1.29, 1.82) is 0 Å². The third-order valence-electron chi connectivity index (χ3n) is 2.48. The number of carboxylic acids is 1. The summed E-state index contributed by atoms with van der Waals surface area (Å²) in [5.41, 5.74) is -2.60. The zero-order valence-electron chi connectivity index (χ0n) is 9.94. The lowest BCUT2D eigenvalue weighted by atomic mass is 10.2. The molecule has 0 spiro atoms. The Balaban J connectivity index is 2.82. The van der Waals surface area contributed by atoms with Crippen molar-refractivity contribution in [3.63, 3.8) is 0 Å². The van der Waals surface area contributed by atoms with E-state index in [0.717, 1.165) is 0 Å². The zero-order chi connectivity index (χ0) is 15.1. The van der Waals surface area contributed by atoms with Gasteiger partial charge in [0.25, 0.3) is 0 Å². The Hall–Kier alpha value is -2.09. The molecule has 1 N–H and O–H groups in total. The lowest BCUT2D eigenvalue weighted by Gasteiger charge is -2.11. The van der Waals surface area contributed by atoms with Gasteiger partial charge in [0.1, 0.15) is 5.56 Å². The highest BCUT2D eigenvalue weighted by molar-refractivity contribution is 6.32. The summed E-state index contributed by atoms with van der Waals surface area (Å²) in [6.45, 7) is 1.17. The number of aromatic carboxylic acids is 1. The van der Waals surface area contributed by atoms with Gasteiger partial charge in [-0.25, -0.2) is 14.5 Å². The van der Waals surface area contributed by atoms with Gasteiger partial charge in [0.15, 0.2) is 11.5 Å². The topological polar surface area (TPSA) is 68.0 Å². The maximum absolute atomic E-state index is 13.1. The minimum Gasteiger partial charge on any atom is -0.478 e. The molecule has 20 heavy (non-hydrogen) atoms. The van der Waals surface area contributed by atoms with Crippen LogP contribution in [0, 0.1) is 6.92 Å². The number of aromatic nitrogens is 3. The summed E-state index contributed by atoms with van der Waals surface area (Å²) >= 11 is 5.78. The summed E-state index contributed by atoms with van der Waals surface area (Å²) < 4.78 is 39.7. The summed E-state index contributed by atoms with van der Waals surface area (Å²) in [5.74, 6) is -2.00. The molecular formula is C11H7ClF3N3O2. The van der Waals surface area contributed by atoms with Crippen molar-refractivity contribution in [3.05, 3.63) is 40.3 Å². The Morgan fingerprint density at radius 3 is 2.60 bits per heavy atom. The van der Waals surface area contributed by atoms with Crippen molar-refractivity contribution in [2.75, 3.05) is 0 Å². The van der Waals surface area contributed by atoms with Gasteiger partial charge in [0.05, 0.1) is 10.7 Å². The van der Waals surface area contributed by atoms with E-state index in [4.69, 9.17) is 16.7 Å². The molecule has 0 radical (unpaired) electrons. The Morgan fingerprint density at radius 1 is 1.45 bits per heavy atom. The summed E-state index contributed by atoms with van der Waals surface area (Å²) in [6, 6.07) is 2.77. The average molecular weight is 306 g/mol. The summed E-state index contributed by atoms with van der Waals surface area (Å²) in [4.78, 5) is 14.7. The predicted octanol–water partition coefficient (Wildman–Crippen LogP) is 2.95. The van der Waals surface area contributed by atoms with Crippen LogP contribution in [0.1, 0.15) is 21.7 Å². The van der Waals surface area contributed by atoms with E-state index in [1.54, 1.807) is 0 Å². The molecule has 106 valence electrons. The number of rotatable bonds is 2. The second-order valence-corrected chi connectivity index (χ2v) is 4.24. The van der Waals surface area contributed by atoms with Crippen LogP contribution in [-0.2, 0) is 6.18 Å². The molecule has 0 atom stereocenters. The van der Waals surface area contributed by atoms with Gasteiger partial charge in [0, 0.05) is 6.20 Å². The van der Waals surface area contributed by atoms with Crippen LogP contribution >= 0.6 is 11.6 Å². The largest absolute Gasteiger partial charge is 0.478 e. The second-order valence-electron chi connectivity index (χ2n) is 3.83. The number of halogens is 4. The molecule has 2 aromatic heterocycles. The average Bonchev–Trinajstić information content (AvgIpc) is 2.67. The van der Waals surface area contributed by atoms with Crippen LogP contribution in [0.5, 0.6) is 0 Å². The number of carbonyl (C=O) groups is 1. The highest BCUT2D eigenvalue weighted by Crippen LogP contribution is 2.35. The summed E-state index contributed by atoms with van der Waals surface area (Å²) in [5, 5.41) is 12.5. The van der Waals surface area contributed by atoms with Crippen LogP contribution in [-0.4, -0.2) is 25.8 Å². The third-order valence-corrected chi connectivity index (χ3v) is 2.78. The van der Waals surface area contributed by atoms with E-state index >= 15 is 0 Å². The molecule has 0 aliphatic heterocycles. The van der Waals surface area contributed by atoms with Crippen molar-refractivity contribution in [3.8, 4) is 5.82 Å². The van der Waals surface area contributed by atoms with Gasteiger partial charge in [0.2, 0.25) is 0 Å². The third kappa shape index (κ3) is 2.34. The van der Waals surface area contributed by atoms with Crippen molar-refractivity contribution < 1.29 is 23.1 Å². The Labute approximate surface area is 115 Å². The zero-order valence-corrected chi connectivity index (χ0v) is 10.7. The smallest absolute Gasteiger partial charge is 0.434 e. The second kappa shape index (κ2) is 4.78. The fourth-order valence-electron chi connectivity index (χ4n) is 1.73. The molecule has 0 saturated heterocycles. The lowest BCUT2D eigenvalue weighted by Crippen LogP contribution is -2.18. The first-order valence-corrected chi connectivity index (χ1v) is 5.62. The molecule has 2 heterocycles. The Morgan fingerprint density at radius 2 is 2.10 bits per heavy atom. The first kappa shape index (κ1) is 14.3. The van der Waals surface area contributed by atoms with E-state index in [0.29, 0.717) is 4.68 Å². The maximum atomic E-state index is 13.1. The Kier molecular flexibility index (Phi) is 3.43. The molecule has 0 amide bonds. The van der Waals surface area contributed by atoms with Crippen LogP contribution in [0.15, 0.2) is 18.3 Å². The first-order valence-electron chi connectivity index (χ1n) is 5.24. The molecule has 9 heteroatoms. The Bertz CT molecular complexity index is 682. The lowest BCUT2D eigenvalue weighted by molar-refractivity contribution is -0.143. The van der Waals surface area contributed by atoms with Crippen molar-refractivity contribution >= 4 is 17.6 Å². The van der Waals surface area contributed by atoms with E-state index in [1.165, 1.54) is 25.3 Å². The van der Waals surface area contributed by atoms with Crippen LogP contribution in [0.4, 0.5) is 13.2 Å². The molecule has 0 aromatic carbocycles. The van der Waals surface area contributed by atoms with Gasteiger partial charge >= 0.3 is 12.1 Å². The fourth-order valence-corrected chi connectivity index (χ4v) is 1.93. The highest BCUT2D eigenvalue weighted by atomic mass is 35.5. The fraction of sp³-hybridized carbons (Fsp3) is 0.182. The number of carboxylic acid groups (broad SMARTS) is 1. The van der Waals surface area contributed by atoms with Gasteiger partial charge in [-0.3, -0.25) is 0 Å². The van der Waals surface area contributed by atoms with Crippen LogP contribution in [0.2, 0.25) is 5.02 Å². The predicted molar refractivity (Wildman–Crippen MR) is 63.1 cm³/mol. The van der Waals surface area contributed by atoms with E-state index in [1.807, 2.05) is 0 Å². The van der Waals surface area contributed by atoms with E-state index in [-0.39, 0.29) is 16.5 Å². The maximum Gasteiger partial charge on any atom is 0.434 e. The van der Waals surface area contributed by atoms with Gasteiger partial charge in [-0.05, 0) is 19.1 Å². The normalized spacial score (nSPS) is 11.7. The van der Waals surface area contributed by atoms with Gasteiger partial charge < -0.3 is 5.11 Å². The van der Waals surface area contributed by atoms with Crippen LogP contribution in [0.25, 0.3) is 5.82 Å². The number of hydrogen-bond donors (Lipinski definition) is 1. The minimum absolute atomic E-state index is 0.0718. The number of pyridine rings is 1. The number of alkyl halides is 3. The first-order chi connectivity index (χ1) is 9.23. The minimum atomic E-state index is -4.91. The van der Waals surface area contributed by atoms with Gasteiger partial charge in [-0.2, -0.15) is 18.3 Å². The number of aryl methyl sites for hydroxylation is 1. The molecule has 5 nitrogen and oxygen atoms in total. The molecule has 0 fully saturated rings. The van der Waals surface area contributed by atoms with Gasteiger partial charge in [-0.1, -0.05) is 11.6 Å². The molecule has 0 unspecified atom stereocenters. The van der Waals surface area contributed by atoms with Crippen LogP contribution in [0.3, 0.4) is 0 Å². The van der Waals surface area contributed by atoms with E-state index in [9.17, 15) is 18.0 Å². The molecule has 2 rings (SSSR count). The SMILES string of the molecule is Cc1nn(-c2ncccc2Cl)c(C(F)(F)F)c1C(=O)O. The highest BCUT2D eigenvalue weighted by Gasteiger charge is 2.42. The monoisotopic (exact) mass is 305 g/mol. The van der Waals surface area contributed by atoms with Crippen molar-refractivity contribution in [1.82, 2.24) is 14.8 Å². The van der Waals surface area contributed by atoms with E-state index in [2.05, 4.69) is 10.1 Å². The van der Waals surface area contributed by atoms with Crippen molar-refractivity contribution in [2.45, 2.75) is 13.1 Å².